The Morgan fingerprint density at radius 1 is 1.36 bits per heavy atom. The van der Waals surface area contributed by atoms with Crippen molar-refractivity contribution in [3.05, 3.63) is 12.7 Å². The molecule has 0 aliphatic carbocycles. The second-order valence-electron chi connectivity index (χ2n) is 2.52. The number of rotatable bonds is 6. The molecule has 0 aromatic heterocycles. The largest absolute Gasteiger partial charge is 0.445 e. The monoisotopic (exact) mass is 200 g/mol. The van der Waals surface area contributed by atoms with Crippen molar-refractivity contribution in [1.29, 1.82) is 0 Å². The number of hydrogen-bond acceptors (Lipinski definition) is 3. The minimum atomic E-state index is -0.504. The first-order chi connectivity index (χ1) is 6.70. The molecular weight excluding hydrogens is 184 g/mol. The van der Waals surface area contributed by atoms with Gasteiger partial charge in [0.15, 0.2) is 0 Å². The Kier molecular flexibility index (Phi) is 7.22. The highest BCUT2D eigenvalue weighted by Crippen LogP contribution is 1.77. The summed E-state index contributed by atoms with van der Waals surface area (Å²) in [4.78, 5) is 21.6. The van der Waals surface area contributed by atoms with Crippen molar-refractivity contribution in [3.63, 3.8) is 0 Å². The van der Waals surface area contributed by atoms with Crippen LogP contribution in [0.5, 0.6) is 0 Å². The van der Waals surface area contributed by atoms with Gasteiger partial charge in [-0.05, 0) is 0 Å². The number of hydrogen-bond donors (Lipinski definition) is 2. The topological polar surface area (TPSA) is 67.4 Å². The summed E-state index contributed by atoms with van der Waals surface area (Å²) in [7, 11) is 0. The number of amides is 2. The Hall–Kier alpha value is -1.52. The van der Waals surface area contributed by atoms with Crippen LogP contribution in [0.25, 0.3) is 0 Å². The predicted octanol–water partition coefficient (Wildman–Crippen LogP) is 0.425. The van der Waals surface area contributed by atoms with Crippen LogP contribution >= 0.6 is 0 Å². The molecule has 0 unspecified atom stereocenters. The molecule has 0 fully saturated rings. The van der Waals surface area contributed by atoms with Gasteiger partial charge in [0.2, 0.25) is 5.91 Å². The summed E-state index contributed by atoms with van der Waals surface area (Å²) >= 11 is 0. The summed E-state index contributed by atoms with van der Waals surface area (Å²) in [6, 6.07) is 0. The van der Waals surface area contributed by atoms with Crippen LogP contribution < -0.4 is 10.6 Å². The van der Waals surface area contributed by atoms with Crippen LogP contribution in [-0.4, -0.2) is 31.7 Å². The van der Waals surface area contributed by atoms with E-state index in [0.717, 1.165) is 0 Å². The smallest absolute Gasteiger partial charge is 0.407 e. The highest BCUT2D eigenvalue weighted by Gasteiger charge is 1.99. The molecular formula is C9H16N2O3. The standard InChI is InChI=1S/C9H16N2O3/c1-3-7-14-9(13)11-6-5-10-8(12)4-2/h3H,1,4-7H2,2H3,(H,10,12)(H,11,13). The molecule has 0 radical (unpaired) electrons. The molecule has 0 atom stereocenters. The lowest BCUT2D eigenvalue weighted by atomic mass is 10.4. The van der Waals surface area contributed by atoms with Gasteiger partial charge in [-0.25, -0.2) is 4.79 Å². The maximum atomic E-state index is 10.8. The number of ether oxygens (including phenoxy) is 1. The summed E-state index contributed by atoms with van der Waals surface area (Å²) in [6.45, 7) is 6.13. The average molecular weight is 200 g/mol. The van der Waals surface area contributed by atoms with Crippen molar-refractivity contribution in [2.45, 2.75) is 13.3 Å². The van der Waals surface area contributed by atoms with Gasteiger partial charge in [0.05, 0.1) is 0 Å². The predicted molar refractivity (Wildman–Crippen MR) is 52.8 cm³/mol. The maximum absolute atomic E-state index is 10.8. The van der Waals surface area contributed by atoms with E-state index in [0.29, 0.717) is 19.5 Å². The lowest BCUT2D eigenvalue weighted by molar-refractivity contribution is -0.120. The Balaban J connectivity index is 3.31. The van der Waals surface area contributed by atoms with Gasteiger partial charge < -0.3 is 15.4 Å². The fourth-order valence-corrected chi connectivity index (χ4v) is 0.677. The average Bonchev–Trinajstić information content (AvgIpc) is 2.21. The van der Waals surface area contributed by atoms with E-state index >= 15 is 0 Å². The molecule has 2 amide bonds. The zero-order valence-corrected chi connectivity index (χ0v) is 8.34. The van der Waals surface area contributed by atoms with Crippen LogP contribution in [0.3, 0.4) is 0 Å². The molecule has 80 valence electrons. The molecule has 0 aliphatic rings. The molecule has 5 heteroatoms. The lowest BCUT2D eigenvalue weighted by Crippen LogP contribution is -2.34. The molecule has 0 spiro atoms. The van der Waals surface area contributed by atoms with Gasteiger partial charge in [-0.3, -0.25) is 4.79 Å². The van der Waals surface area contributed by atoms with Crippen LogP contribution in [0.2, 0.25) is 0 Å². The Morgan fingerprint density at radius 2 is 2.00 bits per heavy atom. The van der Waals surface area contributed by atoms with Crippen LogP contribution in [-0.2, 0) is 9.53 Å². The third-order valence-electron chi connectivity index (χ3n) is 1.37. The van der Waals surface area contributed by atoms with Gasteiger partial charge in [-0.1, -0.05) is 19.6 Å². The normalized spacial score (nSPS) is 8.93. The van der Waals surface area contributed by atoms with Crippen LogP contribution in [0.4, 0.5) is 4.79 Å². The Labute approximate surface area is 83.5 Å². The zero-order chi connectivity index (χ0) is 10.8. The van der Waals surface area contributed by atoms with Crippen LogP contribution in [0.15, 0.2) is 12.7 Å². The molecule has 0 rings (SSSR count). The fraction of sp³-hybridized carbons (Fsp3) is 0.556. The van der Waals surface area contributed by atoms with Gasteiger partial charge in [0, 0.05) is 19.5 Å². The number of alkyl carbamates (subject to hydrolysis) is 1. The molecule has 0 saturated carbocycles. The van der Waals surface area contributed by atoms with E-state index in [1.54, 1.807) is 6.92 Å². The van der Waals surface area contributed by atoms with Gasteiger partial charge in [0.1, 0.15) is 6.61 Å². The first-order valence-corrected chi connectivity index (χ1v) is 4.49. The van der Waals surface area contributed by atoms with Gasteiger partial charge in [0.25, 0.3) is 0 Å². The van der Waals surface area contributed by atoms with Crippen LogP contribution in [0, 0.1) is 0 Å². The molecule has 2 N–H and O–H groups in total. The minimum absolute atomic E-state index is 0.0359. The van der Waals surface area contributed by atoms with Crippen LogP contribution in [0.1, 0.15) is 13.3 Å². The molecule has 14 heavy (non-hydrogen) atoms. The molecule has 0 aromatic carbocycles. The summed E-state index contributed by atoms with van der Waals surface area (Å²) in [6.07, 6.45) is 1.43. The fourth-order valence-electron chi connectivity index (χ4n) is 0.677. The number of nitrogens with one attached hydrogen (secondary N) is 2. The van der Waals surface area contributed by atoms with E-state index < -0.39 is 6.09 Å². The van der Waals surface area contributed by atoms with E-state index in [2.05, 4.69) is 21.9 Å². The second kappa shape index (κ2) is 8.10. The third kappa shape index (κ3) is 7.15. The molecule has 0 aliphatic heterocycles. The molecule has 0 saturated heterocycles. The third-order valence-corrected chi connectivity index (χ3v) is 1.37. The summed E-state index contributed by atoms with van der Waals surface area (Å²) in [5, 5.41) is 5.09. The quantitative estimate of drug-likeness (QED) is 0.482. The van der Waals surface area contributed by atoms with E-state index in [4.69, 9.17) is 0 Å². The minimum Gasteiger partial charge on any atom is -0.445 e. The van der Waals surface area contributed by atoms with Crippen molar-refractivity contribution in [2.75, 3.05) is 19.7 Å². The number of carbonyl (C=O) groups excluding carboxylic acids is 2. The zero-order valence-electron chi connectivity index (χ0n) is 8.34. The summed E-state index contributed by atoms with van der Waals surface area (Å²) < 4.78 is 4.64. The highest BCUT2D eigenvalue weighted by molar-refractivity contribution is 5.75. The van der Waals surface area contributed by atoms with Crippen molar-refractivity contribution >= 4 is 12.0 Å². The van der Waals surface area contributed by atoms with Gasteiger partial charge in [-0.15, -0.1) is 0 Å². The van der Waals surface area contributed by atoms with Gasteiger partial charge in [-0.2, -0.15) is 0 Å². The number of carbonyl (C=O) groups is 2. The molecule has 5 nitrogen and oxygen atoms in total. The van der Waals surface area contributed by atoms with E-state index in [9.17, 15) is 9.59 Å². The van der Waals surface area contributed by atoms with E-state index in [-0.39, 0.29) is 12.5 Å². The SMILES string of the molecule is C=CCOC(=O)NCCNC(=O)CC. The first-order valence-electron chi connectivity index (χ1n) is 4.49. The lowest BCUT2D eigenvalue weighted by Gasteiger charge is -2.05. The Morgan fingerprint density at radius 3 is 2.57 bits per heavy atom. The molecule has 0 heterocycles. The molecule has 0 aromatic rings. The van der Waals surface area contributed by atoms with Crippen molar-refractivity contribution < 1.29 is 14.3 Å². The Bertz CT molecular complexity index is 204. The van der Waals surface area contributed by atoms with Crippen molar-refractivity contribution in [3.8, 4) is 0 Å². The van der Waals surface area contributed by atoms with Crippen molar-refractivity contribution in [2.24, 2.45) is 0 Å². The van der Waals surface area contributed by atoms with Gasteiger partial charge >= 0.3 is 6.09 Å². The summed E-state index contributed by atoms with van der Waals surface area (Å²) in [5.74, 6) is -0.0359. The maximum Gasteiger partial charge on any atom is 0.407 e. The summed E-state index contributed by atoms with van der Waals surface area (Å²) in [5.41, 5.74) is 0. The second-order valence-corrected chi connectivity index (χ2v) is 2.52. The van der Waals surface area contributed by atoms with E-state index in [1.165, 1.54) is 6.08 Å². The molecule has 0 bridgehead atoms. The van der Waals surface area contributed by atoms with E-state index in [1.807, 2.05) is 0 Å². The highest BCUT2D eigenvalue weighted by atomic mass is 16.5. The first kappa shape index (κ1) is 12.5. The van der Waals surface area contributed by atoms with Crippen molar-refractivity contribution in [1.82, 2.24) is 10.6 Å².